The Labute approximate surface area is 112 Å². The van der Waals surface area contributed by atoms with Crippen LogP contribution in [-0.4, -0.2) is 37.0 Å². The number of carbonyl (C=O) groups excluding carboxylic acids is 1. The van der Waals surface area contributed by atoms with Crippen molar-refractivity contribution in [1.29, 1.82) is 0 Å². The molecule has 19 heavy (non-hydrogen) atoms. The van der Waals surface area contributed by atoms with Crippen molar-refractivity contribution in [2.24, 2.45) is 0 Å². The smallest absolute Gasteiger partial charge is 0.287 e. The van der Waals surface area contributed by atoms with Crippen LogP contribution in [0.25, 0.3) is 11.0 Å². The van der Waals surface area contributed by atoms with Crippen molar-refractivity contribution in [1.82, 2.24) is 10.2 Å². The maximum absolute atomic E-state index is 12.0. The van der Waals surface area contributed by atoms with Gasteiger partial charge in [0, 0.05) is 18.5 Å². The fourth-order valence-electron chi connectivity index (χ4n) is 2.51. The number of nitrogens with one attached hydrogen (secondary N) is 1. The second kappa shape index (κ2) is 5.45. The minimum absolute atomic E-state index is 0.129. The minimum atomic E-state index is -0.129. The number of benzene rings is 1. The lowest BCUT2D eigenvalue weighted by Gasteiger charge is -2.14. The van der Waals surface area contributed by atoms with Crippen molar-refractivity contribution < 1.29 is 9.21 Å². The molecule has 0 saturated carbocycles. The van der Waals surface area contributed by atoms with Crippen molar-refractivity contribution in [3.63, 3.8) is 0 Å². The number of nitrogens with zero attached hydrogens (tertiary/aromatic N) is 1. The first-order valence-electron chi connectivity index (χ1n) is 6.82. The Bertz CT molecular complexity index is 537. The summed E-state index contributed by atoms with van der Waals surface area (Å²) in [6.07, 6.45) is 2.55. The predicted octanol–water partition coefficient (Wildman–Crippen LogP) is 2.26. The predicted molar refractivity (Wildman–Crippen MR) is 74.2 cm³/mol. The Morgan fingerprint density at radius 1 is 1.26 bits per heavy atom. The van der Waals surface area contributed by atoms with Crippen LogP contribution in [0.4, 0.5) is 0 Å². The topological polar surface area (TPSA) is 45.5 Å². The van der Waals surface area contributed by atoms with E-state index in [1.165, 1.54) is 12.8 Å². The molecule has 1 aliphatic heterocycles. The Hall–Kier alpha value is -1.81. The number of furan rings is 1. The zero-order valence-electron chi connectivity index (χ0n) is 10.9. The van der Waals surface area contributed by atoms with Crippen LogP contribution in [0.5, 0.6) is 0 Å². The summed E-state index contributed by atoms with van der Waals surface area (Å²) >= 11 is 0. The zero-order chi connectivity index (χ0) is 13.1. The molecule has 0 spiro atoms. The molecule has 4 heteroatoms. The van der Waals surface area contributed by atoms with Crippen molar-refractivity contribution in [2.75, 3.05) is 26.2 Å². The lowest BCUT2D eigenvalue weighted by molar-refractivity contribution is 0.0924. The number of rotatable bonds is 4. The maximum atomic E-state index is 12.0. The summed E-state index contributed by atoms with van der Waals surface area (Å²) in [7, 11) is 0. The highest BCUT2D eigenvalue weighted by Gasteiger charge is 2.14. The molecule has 1 fully saturated rings. The molecule has 1 aliphatic rings. The van der Waals surface area contributed by atoms with Crippen LogP contribution in [-0.2, 0) is 0 Å². The molecule has 0 aliphatic carbocycles. The van der Waals surface area contributed by atoms with Crippen LogP contribution < -0.4 is 5.32 Å². The third-order valence-electron chi connectivity index (χ3n) is 3.56. The highest BCUT2D eigenvalue weighted by molar-refractivity contribution is 5.96. The molecule has 1 N–H and O–H groups in total. The van der Waals surface area contributed by atoms with Gasteiger partial charge < -0.3 is 14.6 Å². The summed E-state index contributed by atoms with van der Waals surface area (Å²) in [5.41, 5.74) is 0.757. The molecule has 0 atom stereocenters. The van der Waals surface area contributed by atoms with Gasteiger partial charge in [0.1, 0.15) is 5.58 Å². The van der Waals surface area contributed by atoms with Gasteiger partial charge >= 0.3 is 0 Å². The fourth-order valence-corrected chi connectivity index (χ4v) is 2.51. The van der Waals surface area contributed by atoms with Gasteiger partial charge in [-0.25, -0.2) is 0 Å². The molecule has 100 valence electrons. The summed E-state index contributed by atoms with van der Waals surface area (Å²) in [6.45, 7) is 3.91. The Morgan fingerprint density at radius 3 is 2.84 bits per heavy atom. The average molecular weight is 258 g/mol. The van der Waals surface area contributed by atoms with E-state index in [2.05, 4.69) is 10.2 Å². The first-order chi connectivity index (χ1) is 9.33. The number of hydrogen-bond donors (Lipinski definition) is 1. The third-order valence-corrected chi connectivity index (χ3v) is 3.56. The second-order valence-electron chi connectivity index (χ2n) is 4.95. The van der Waals surface area contributed by atoms with Gasteiger partial charge in [-0.3, -0.25) is 4.79 Å². The molecular formula is C15H18N2O2. The van der Waals surface area contributed by atoms with E-state index in [4.69, 9.17) is 4.42 Å². The highest BCUT2D eigenvalue weighted by atomic mass is 16.3. The van der Waals surface area contributed by atoms with Crippen LogP contribution in [0, 0.1) is 0 Å². The summed E-state index contributed by atoms with van der Waals surface area (Å²) in [4.78, 5) is 14.3. The molecule has 0 unspecified atom stereocenters. The standard InChI is InChI=1S/C15H18N2O2/c18-15(16-7-10-17-8-3-4-9-17)14-11-12-5-1-2-6-13(12)19-14/h1-2,5-6,11H,3-4,7-10H2,(H,16,18). The van der Waals surface area contributed by atoms with Gasteiger partial charge in [0.15, 0.2) is 5.76 Å². The number of likely N-dealkylation sites (tertiary alicyclic amines) is 1. The van der Waals surface area contributed by atoms with Crippen LogP contribution >= 0.6 is 0 Å². The average Bonchev–Trinajstić information content (AvgIpc) is 3.07. The molecular weight excluding hydrogens is 240 g/mol. The second-order valence-corrected chi connectivity index (χ2v) is 4.95. The summed E-state index contributed by atoms with van der Waals surface area (Å²) in [5.74, 6) is 0.262. The first kappa shape index (κ1) is 12.2. The SMILES string of the molecule is O=C(NCCN1CCCC1)c1cc2ccccc2o1. The van der Waals surface area contributed by atoms with Gasteiger partial charge in [-0.05, 0) is 38.1 Å². The summed E-state index contributed by atoms with van der Waals surface area (Å²) in [5, 5.41) is 3.88. The number of hydrogen-bond acceptors (Lipinski definition) is 3. The number of fused-ring (bicyclic) bond motifs is 1. The lowest BCUT2D eigenvalue weighted by atomic mass is 10.2. The minimum Gasteiger partial charge on any atom is -0.451 e. The first-order valence-corrected chi connectivity index (χ1v) is 6.82. The quantitative estimate of drug-likeness (QED) is 0.915. The van der Waals surface area contributed by atoms with E-state index in [0.29, 0.717) is 12.3 Å². The van der Waals surface area contributed by atoms with Gasteiger partial charge in [0.2, 0.25) is 0 Å². The molecule has 2 heterocycles. The molecule has 0 bridgehead atoms. The molecule has 0 radical (unpaired) electrons. The van der Waals surface area contributed by atoms with E-state index in [-0.39, 0.29) is 5.91 Å². The van der Waals surface area contributed by atoms with Crippen LogP contribution in [0.3, 0.4) is 0 Å². The van der Waals surface area contributed by atoms with Crippen LogP contribution in [0.2, 0.25) is 0 Å². The molecule has 1 amide bonds. The van der Waals surface area contributed by atoms with Crippen LogP contribution in [0.15, 0.2) is 34.7 Å². The Balaban J connectivity index is 1.57. The van der Waals surface area contributed by atoms with E-state index >= 15 is 0 Å². The van der Waals surface area contributed by atoms with Crippen molar-refractivity contribution >= 4 is 16.9 Å². The van der Waals surface area contributed by atoms with E-state index in [9.17, 15) is 4.79 Å². The molecule has 2 aromatic rings. The number of carbonyl (C=O) groups is 1. The summed E-state index contributed by atoms with van der Waals surface area (Å²) in [6, 6.07) is 9.45. The van der Waals surface area contributed by atoms with Crippen molar-refractivity contribution in [3.05, 3.63) is 36.1 Å². The maximum Gasteiger partial charge on any atom is 0.287 e. The zero-order valence-corrected chi connectivity index (χ0v) is 10.9. The number of amides is 1. The van der Waals surface area contributed by atoms with E-state index in [1.807, 2.05) is 24.3 Å². The van der Waals surface area contributed by atoms with Crippen molar-refractivity contribution in [2.45, 2.75) is 12.8 Å². The normalized spacial score (nSPS) is 16.0. The van der Waals surface area contributed by atoms with Gasteiger partial charge in [0.25, 0.3) is 5.91 Å². The third kappa shape index (κ3) is 2.79. The lowest BCUT2D eigenvalue weighted by Crippen LogP contribution is -2.33. The highest BCUT2D eigenvalue weighted by Crippen LogP contribution is 2.18. The van der Waals surface area contributed by atoms with Crippen LogP contribution in [0.1, 0.15) is 23.4 Å². The molecule has 1 aromatic carbocycles. The number of para-hydroxylation sites is 1. The molecule has 1 aromatic heterocycles. The van der Waals surface area contributed by atoms with Gasteiger partial charge in [-0.1, -0.05) is 18.2 Å². The molecule has 3 rings (SSSR count). The molecule has 4 nitrogen and oxygen atoms in total. The van der Waals surface area contributed by atoms with Crippen molar-refractivity contribution in [3.8, 4) is 0 Å². The van der Waals surface area contributed by atoms with Gasteiger partial charge in [0.05, 0.1) is 0 Å². The van der Waals surface area contributed by atoms with E-state index in [0.717, 1.165) is 30.6 Å². The van der Waals surface area contributed by atoms with E-state index < -0.39 is 0 Å². The monoisotopic (exact) mass is 258 g/mol. The van der Waals surface area contributed by atoms with Gasteiger partial charge in [-0.15, -0.1) is 0 Å². The Kier molecular flexibility index (Phi) is 3.51. The largest absolute Gasteiger partial charge is 0.451 e. The fraction of sp³-hybridized carbons (Fsp3) is 0.400. The van der Waals surface area contributed by atoms with Gasteiger partial charge in [-0.2, -0.15) is 0 Å². The molecule has 1 saturated heterocycles. The van der Waals surface area contributed by atoms with E-state index in [1.54, 1.807) is 6.07 Å². The Morgan fingerprint density at radius 2 is 2.05 bits per heavy atom. The summed E-state index contributed by atoms with van der Waals surface area (Å²) < 4.78 is 5.53.